The van der Waals surface area contributed by atoms with Crippen LogP contribution in [-0.4, -0.2) is 23.5 Å². The van der Waals surface area contributed by atoms with Gasteiger partial charge < -0.3 is 14.5 Å². The lowest BCUT2D eigenvalue weighted by molar-refractivity contribution is -0.148. The number of ether oxygens (including phenoxy) is 1. The summed E-state index contributed by atoms with van der Waals surface area (Å²) in [5.74, 6) is -0.135. The van der Waals surface area contributed by atoms with Gasteiger partial charge in [0, 0.05) is 11.8 Å². The van der Waals surface area contributed by atoms with Crippen LogP contribution in [-0.2, 0) is 20.7 Å². The number of aryl methyl sites for hydroxylation is 1. The molecule has 4 aromatic rings. The quantitative estimate of drug-likeness (QED) is 0.459. The van der Waals surface area contributed by atoms with Crippen molar-refractivity contribution in [1.29, 1.82) is 0 Å². The number of fused-ring (bicyclic) bond motifs is 2. The van der Waals surface area contributed by atoms with Crippen LogP contribution in [0.5, 0.6) is 0 Å². The standard InChI is InChI=1S/C22H20N2O4S/c1-14(18-12-15-6-2-4-8-17(15)28-18)23-20(25)13-27-22(26)11-10-21-24-16-7-3-5-9-19(16)29-21/h2-9,12,14H,10-11,13H2,1H3,(H,23,25)/t14-/m0/s1. The average molecular weight is 408 g/mol. The Bertz CT molecular complexity index is 1100. The second kappa shape index (κ2) is 8.45. The summed E-state index contributed by atoms with van der Waals surface area (Å²) < 4.78 is 11.9. The molecule has 2 aromatic heterocycles. The maximum absolute atomic E-state index is 12.1. The van der Waals surface area contributed by atoms with Crippen molar-refractivity contribution in [3.63, 3.8) is 0 Å². The highest BCUT2D eigenvalue weighted by Crippen LogP contribution is 2.24. The molecule has 0 saturated carbocycles. The Morgan fingerprint density at radius 3 is 2.79 bits per heavy atom. The molecule has 29 heavy (non-hydrogen) atoms. The van der Waals surface area contributed by atoms with E-state index in [1.54, 1.807) is 11.3 Å². The van der Waals surface area contributed by atoms with E-state index in [-0.39, 0.29) is 25.0 Å². The van der Waals surface area contributed by atoms with Gasteiger partial charge in [-0.05, 0) is 31.2 Å². The van der Waals surface area contributed by atoms with E-state index in [2.05, 4.69) is 10.3 Å². The monoisotopic (exact) mass is 408 g/mol. The number of carbonyl (C=O) groups excluding carboxylic acids is 2. The van der Waals surface area contributed by atoms with Gasteiger partial charge in [0.15, 0.2) is 6.61 Å². The van der Waals surface area contributed by atoms with Crippen molar-refractivity contribution in [3.05, 3.63) is 65.4 Å². The van der Waals surface area contributed by atoms with Gasteiger partial charge in [-0.1, -0.05) is 30.3 Å². The number of amides is 1. The summed E-state index contributed by atoms with van der Waals surface area (Å²) in [7, 11) is 0. The van der Waals surface area contributed by atoms with Crippen LogP contribution in [0.4, 0.5) is 0 Å². The number of hydrogen-bond donors (Lipinski definition) is 1. The number of carbonyl (C=O) groups is 2. The second-order valence-electron chi connectivity index (χ2n) is 6.71. The van der Waals surface area contributed by atoms with Crippen LogP contribution >= 0.6 is 11.3 Å². The maximum Gasteiger partial charge on any atom is 0.306 e. The summed E-state index contributed by atoms with van der Waals surface area (Å²) >= 11 is 1.56. The Morgan fingerprint density at radius 2 is 1.97 bits per heavy atom. The van der Waals surface area contributed by atoms with Gasteiger partial charge in [0.2, 0.25) is 0 Å². The Labute approximate surface area is 171 Å². The van der Waals surface area contributed by atoms with Crippen LogP contribution < -0.4 is 5.32 Å². The summed E-state index contributed by atoms with van der Waals surface area (Å²) in [6.45, 7) is 1.51. The molecule has 4 rings (SSSR count). The van der Waals surface area contributed by atoms with Gasteiger partial charge >= 0.3 is 5.97 Å². The van der Waals surface area contributed by atoms with Crippen molar-refractivity contribution in [3.8, 4) is 0 Å². The summed E-state index contributed by atoms with van der Waals surface area (Å²) in [5, 5.41) is 4.64. The molecule has 1 N–H and O–H groups in total. The number of aromatic nitrogens is 1. The first-order valence-electron chi connectivity index (χ1n) is 9.36. The highest BCUT2D eigenvalue weighted by Gasteiger charge is 2.16. The molecular weight excluding hydrogens is 388 g/mol. The topological polar surface area (TPSA) is 81.4 Å². The lowest BCUT2D eigenvalue weighted by atomic mass is 10.2. The first-order valence-corrected chi connectivity index (χ1v) is 10.2. The van der Waals surface area contributed by atoms with Crippen LogP contribution in [0.15, 0.2) is 59.0 Å². The molecule has 2 heterocycles. The minimum Gasteiger partial charge on any atom is -0.459 e. The molecule has 0 aliphatic rings. The van der Waals surface area contributed by atoms with Crippen molar-refractivity contribution < 1.29 is 18.7 Å². The first kappa shape index (κ1) is 19.1. The van der Waals surface area contributed by atoms with Crippen molar-refractivity contribution in [2.24, 2.45) is 0 Å². The molecule has 148 valence electrons. The zero-order valence-corrected chi connectivity index (χ0v) is 16.7. The van der Waals surface area contributed by atoms with Gasteiger partial charge in [0.05, 0.1) is 27.7 Å². The van der Waals surface area contributed by atoms with Gasteiger partial charge in [0.1, 0.15) is 11.3 Å². The lowest BCUT2D eigenvalue weighted by Gasteiger charge is -2.11. The third-order valence-electron chi connectivity index (χ3n) is 4.49. The number of nitrogens with zero attached hydrogens (tertiary/aromatic N) is 1. The molecule has 1 atom stereocenters. The minimum atomic E-state index is -0.421. The smallest absolute Gasteiger partial charge is 0.306 e. The van der Waals surface area contributed by atoms with Crippen molar-refractivity contribution in [2.75, 3.05) is 6.61 Å². The van der Waals surface area contributed by atoms with Gasteiger partial charge in [-0.25, -0.2) is 4.98 Å². The normalized spacial score (nSPS) is 12.2. The minimum absolute atomic E-state index is 0.187. The molecule has 7 heteroatoms. The highest BCUT2D eigenvalue weighted by atomic mass is 32.1. The van der Waals surface area contributed by atoms with E-state index in [1.807, 2.05) is 61.5 Å². The highest BCUT2D eigenvalue weighted by molar-refractivity contribution is 7.18. The summed E-state index contributed by atoms with van der Waals surface area (Å²) in [5.41, 5.74) is 1.70. The fraction of sp³-hybridized carbons (Fsp3) is 0.227. The van der Waals surface area contributed by atoms with Crippen LogP contribution in [0.1, 0.15) is 30.2 Å². The number of benzene rings is 2. The first-order chi connectivity index (χ1) is 14.1. The Kier molecular flexibility index (Phi) is 5.57. The van der Waals surface area contributed by atoms with Gasteiger partial charge in [0.25, 0.3) is 5.91 Å². The molecule has 0 aliphatic carbocycles. The largest absolute Gasteiger partial charge is 0.459 e. The second-order valence-corrected chi connectivity index (χ2v) is 7.83. The Hall–Kier alpha value is -3.19. The van der Waals surface area contributed by atoms with Crippen LogP contribution in [0.2, 0.25) is 0 Å². The summed E-state index contributed by atoms with van der Waals surface area (Å²) in [6, 6.07) is 17.1. The molecule has 0 bridgehead atoms. The molecule has 0 radical (unpaired) electrons. The summed E-state index contributed by atoms with van der Waals surface area (Å²) in [6.07, 6.45) is 0.682. The van der Waals surface area contributed by atoms with E-state index in [4.69, 9.17) is 9.15 Å². The maximum atomic E-state index is 12.1. The fourth-order valence-electron chi connectivity index (χ4n) is 3.02. The van der Waals surface area contributed by atoms with Gasteiger partial charge in [-0.3, -0.25) is 9.59 Å². The zero-order chi connectivity index (χ0) is 20.2. The number of nitrogens with one attached hydrogen (secondary N) is 1. The van der Waals surface area contributed by atoms with Crippen LogP contribution in [0.25, 0.3) is 21.2 Å². The van der Waals surface area contributed by atoms with E-state index in [0.717, 1.165) is 26.2 Å². The molecule has 0 saturated heterocycles. The predicted octanol–water partition coefficient (Wildman–Crippen LogP) is 4.40. The average Bonchev–Trinajstić information content (AvgIpc) is 3.34. The van der Waals surface area contributed by atoms with Crippen molar-refractivity contribution in [1.82, 2.24) is 10.3 Å². The van der Waals surface area contributed by atoms with Crippen molar-refractivity contribution >= 4 is 44.4 Å². The van der Waals surface area contributed by atoms with Crippen molar-refractivity contribution in [2.45, 2.75) is 25.8 Å². The molecule has 0 aliphatic heterocycles. The number of rotatable bonds is 7. The van der Waals surface area contributed by atoms with E-state index < -0.39 is 5.97 Å². The lowest BCUT2D eigenvalue weighted by Crippen LogP contribution is -2.31. The third-order valence-corrected chi connectivity index (χ3v) is 5.59. The Morgan fingerprint density at radius 1 is 1.17 bits per heavy atom. The fourth-order valence-corrected chi connectivity index (χ4v) is 3.99. The molecule has 6 nitrogen and oxygen atoms in total. The SMILES string of the molecule is C[C@H](NC(=O)COC(=O)CCc1nc2ccccc2s1)c1cc2ccccc2o1. The Balaban J connectivity index is 1.23. The summed E-state index contributed by atoms with van der Waals surface area (Å²) in [4.78, 5) is 28.6. The number of furan rings is 1. The molecular formula is C22H20N2O4S. The van der Waals surface area contributed by atoms with Crippen LogP contribution in [0.3, 0.4) is 0 Å². The van der Waals surface area contributed by atoms with Gasteiger partial charge in [-0.2, -0.15) is 0 Å². The molecule has 0 fully saturated rings. The van der Waals surface area contributed by atoms with E-state index in [0.29, 0.717) is 12.2 Å². The molecule has 1 amide bonds. The molecule has 0 spiro atoms. The van der Waals surface area contributed by atoms with E-state index in [1.165, 1.54) is 0 Å². The number of para-hydroxylation sites is 2. The molecule has 2 aromatic carbocycles. The molecule has 0 unspecified atom stereocenters. The third kappa shape index (κ3) is 4.63. The van der Waals surface area contributed by atoms with Crippen LogP contribution in [0, 0.1) is 0 Å². The number of esters is 1. The van der Waals surface area contributed by atoms with E-state index >= 15 is 0 Å². The number of hydrogen-bond acceptors (Lipinski definition) is 6. The van der Waals surface area contributed by atoms with E-state index in [9.17, 15) is 9.59 Å². The number of thiazole rings is 1. The zero-order valence-electron chi connectivity index (χ0n) is 15.9. The van der Waals surface area contributed by atoms with Gasteiger partial charge in [-0.15, -0.1) is 11.3 Å². The predicted molar refractivity (Wildman–Crippen MR) is 112 cm³/mol.